The number of hydrogen-bond acceptors (Lipinski definition) is 5. The Hall–Kier alpha value is -3.44. The number of benzene rings is 3. The molecule has 0 unspecified atom stereocenters. The molecule has 0 saturated carbocycles. The van der Waals surface area contributed by atoms with Gasteiger partial charge < -0.3 is 5.11 Å². The molecule has 0 fully saturated rings. The Kier molecular flexibility index (Phi) is 9.21. The summed E-state index contributed by atoms with van der Waals surface area (Å²) in [5, 5.41) is 8.36. The van der Waals surface area contributed by atoms with Gasteiger partial charge in [0, 0.05) is 41.5 Å². The number of hydrogen-bond donors (Lipinski definition) is 1. The third-order valence-corrected chi connectivity index (χ3v) is 6.13. The predicted octanol–water partition coefficient (Wildman–Crippen LogP) is 7.53. The van der Waals surface area contributed by atoms with E-state index in [9.17, 15) is 4.79 Å². The third-order valence-electron chi connectivity index (χ3n) is 4.95. The van der Waals surface area contributed by atoms with Crippen LogP contribution in [0, 0.1) is 6.07 Å². The number of nitrogens with zero attached hydrogens (tertiary/aromatic N) is 2. The molecule has 0 amide bonds. The van der Waals surface area contributed by atoms with E-state index in [1.54, 1.807) is 17.7 Å². The smallest absolute Gasteiger partial charge is 0.155 e. The molecule has 0 aliphatic rings. The quantitative estimate of drug-likeness (QED) is 0.124. The van der Waals surface area contributed by atoms with Crippen molar-refractivity contribution in [1.29, 1.82) is 0 Å². The molecule has 0 atom stereocenters. The zero-order valence-corrected chi connectivity index (χ0v) is 22.4. The molecule has 0 saturated heterocycles. The predicted molar refractivity (Wildman–Crippen MR) is 140 cm³/mol. The molecule has 0 aliphatic heterocycles. The Morgan fingerprint density at radius 3 is 2.14 bits per heavy atom. The molecule has 3 aromatic carbocycles. The topological polar surface area (TPSA) is 63.1 Å². The van der Waals surface area contributed by atoms with E-state index in [2.05, 4.69) is 82.8 Å². The van der Waals surface area contributed by atoms with Crippen LogP contribution >= 0.6 is 11.3 Å². The molecule has 0 spiro atoms. The van der Waals surface area contributed by atoms with Crippen molar-refractivity contribution in [2.45, 2.75) is 13.8 Å². The van der Waals surface area contributed by atoms with E-state index >= 15 is 0 Å². The molecule has 35 heavy (non-hydrogen) atoms. The fourth-order valence-corrected chi connectivity index (χ4v) is 4.62. The van der Waals surface area contributed by atoms with Gasteiger partial charge in [-0.2, -0.15) is 0 Å². The van der Waals surface area contributed by atoms with Crippen LogP contribution in [0.5, 0.6) is 0 Å². The van der Waals surface area contributed by atoms with Crippen LogP contribution in [0.25, 0.3) is 43.0 Å². The van der Waals surface area contributed by atoms with Crippen molar-refractivity contribution in [2.24, 2.45) is 0 Å². The van der Waals surface area contributed by atoms with Crippen LogP contribution in [0.4, 0.5) is 0 Å². The van der Waals surface area contributed by atoms with Crippen molar-refractivity contribution in [1.82, 2.24) is 9.97 Å². The van der Waals surface area contributed by atoms with Gasteiger partial charge in [0.2, 0.25) is 0 Å². The number of aromatic nitrogens is 2. The second-order valence-corrected chi connectivity index (χ2v) is 8.72. The maximum Gasteiger partial charge on any atom is 0.155 e. The van der Waals surface area contributed by atoms with Gasteiger partial charge in [-0.05, 0) is 31.0 Å². The zero-order chi connectivity index (χ0) is 23.9. The molecule has 2 heterocycles. The van der Waals surface area contributed by atoms with Gasteiger partial charge in [0.25, 0.3) is 0 Å². The Morgan fingerprint density at radius 1 is 0.886 bits per heavy atom. The van der Waals surface area contributed by atoms with E-state index in [1.165, 1.54) is 35.9 Å². The number of aliphatic hydroxyl groups is 1. The summed E-state index contributed by atoms with van der Waals surface area (Å²) in [7, 11) is 0. The fourth-order valence-electron chi connectivity index (χ4n) is 3.50. The Morgan fingerprint density at radius 2 is 1.54 bits per heavy atom. The zero-order valence-electron chi connectivity index (χ0n) is 19.2. The molecule has 5 aromatic rings. The Bertz CT molecular complexity index is 1440. The van der Waals surface area contributed by atoms with E-state index in [4.69, 9.17) is 5.11 Å². The standard InChI is InChI=1S/C24H15N2S.C5H8O2.Ir/c1-3-8-17(9-4-1)19-12-7-13-20(14-19)23-24-21(25-16-26-23)15-22(27-24)18-10-5-2-6-11-18;1-4(6)3-5(2)7;/h1-12,14-16H;3,6H,1-2H3;/q-1;;/b;4-3-;. The Labute approximate surface area is 222 Å². The molecule has 0 aliphatic carbocycles. The molecule has 0 bridgehead atoms. The van der Waals surface area contributed by atoms with Crippen LogP contribution in [0.15, 0.2) is 103 Å². The largest absolute Gasteiger partial charge is 0.512 e. The number of rotatable bonds is 4. The number of allylic oxidation sites excluding steroid dienone is 2. The van der Waals surface area contributed by atoms with E-state index < -0.39 is 0 Å². The maximum atomic E-state index is 10.0. The minimum absolute atomic E-state index is 0. The summed E-state index contributed by atoms with van der Waals surface area (Å²) >= 11 is 1.73. The van der Waals surface area contributed by atoms with Crippen LogP contribution < -0.4 is 0 Å². The van der Waals surface area contributed by atoms with Crippen molar-refractivity contribution < 1.29 is 30.0 Å². The summed E-state index contributed by atoms with van der Waals surface area (Å²) in [4.78, 5) is 20.3. The summed E-state index contributed by atoms with van der Waals surface area (Å²) in [6.07, 6.45) is 2.81. The van der Waals surface area contributed by atoms with Crippen LogP contribution in [-0.2, 0) is 24.9 Å². The summed E-state index contributed by atoms with van der Waals surface area (Å²) < 4.78 is 1.10. The van der Waals surface area contributed by atoms with Gasteiger partial charge in [0.15, 0.2) is 5.78 Å². The average Bonchev–Trinajstić information content (AvgIpc) is 3.29. The van der Waals surface area contributed by atoms with E-state index in [1.807, 2.05) is 18.2 Å². The molecule has 1 N–H and O–H groups in total. The third kappa shape index (κ3) is 6.80. The molecular formula is C29H23IrN2O2S-. The average molecular weight is 656 g/mol. The summed E-state index contributed by atoms with van der Waals surface area (Å²) in [6.45, 7) is 2.85. The van der Waals surface area contributed by atoms with Gasteiger partial charge in [-0.1, -0.05) is 60.7 Å². The molecule has 177 valence electrons. The molecule has 5 rings (SSSR count). The van der Waals surface area contributed by atoms with Crippen molar-refractivity contribution in [2.75, 3.05) is 0 Å². The van der Waals surface area contributed by atoms with Gasteiger partial charge in [0.05, 0.1) is 11.3 Å². The number of ketones is 1. The molecule has 1 radical (unpaired) electrons. The summed E-state index contributed by atoms with van der Waals surface area (Å²) in [5.74, 6) is -0.0625. The van der Waals surface area contributed by atoms with Gasteiger partial charge >= 0.3 is 0 Å². The first kappa shape index (κ1) is 26.2. The number of aliphatic hydroxyl groups excluding tert-OH is 1. The first-order chi connectivity index (χ1) is 16.5. The first-order valence-electron chi connectivity index (χ1n) is 10.8. The normalized spacial score (nSPS) is 10.7. The van der Waals surface area contributed by atoms with Crippen molar-refractivity contribution in [3.63, 3.8) is 0 Å². The number of carbonyl (C=O) groups is 1. The van der Waals surface area contributed by atoms with Crippen molar-refractivity contribution in [3.8, 4) is 32.8 Å². The van der Waals surface area contributed by atoms with Gasteiger partial charge in [-0.25, -0.2) is 4.98 Å². The van der Waals surface area contributed by atoms with Crippen LogP contribution in [0.1, 0.15) is 13.8 Å². The minimum atomic E-state index is -0.125. The van der Waals surface area contributed by atoms with Crippen LogP contribution in [0.2, 0.25) is 0 Å². The van der Waals surface area contributed by atoms with Gasteiger partial charge in [-0.3, -0.25) is 9.78 Å². The van der Waals surface area contributed by atoms with Crippen molar-refractivity contribution in [3.05, 3.63) is 109 Å². The molecule has 2 aromatic heterocycles. The molecule has 6 heteroatoms. The van der Waals surface area contributed by atoms with E-state index in [-0.39, 0.29) is 31.6 Å². The monoisotopic (exact) mass is 656 g/mol. The van der Waals surface area contributed by atoms with E-state index in [0.29, 0.717) is 0 Å². The van der Waals surface area contributed by atoms with Crippen LogP contribution in [0.3, 0.4) is 0 Å². The maximum absolute atomic E-state index is 10.0. The Balaban J connectivity index is 0.000000378. The summed E-state index contributed by atoms with van der Waals surface area (Å²) in [6, 6.07) is 32.5. The number of fused-ring (bicyclic) bond motifs is 1. The second-order valence-electron chi connectivity index (χ2n) is 7.67. The van der Waals surface area contributed by atoms with Crippen LogP contribution in [-0.4, -0.2) is 20.9 Å². The van der Waals surface area contributed by atoms with Gasteiger partial charge in [0.1, 0.15) is 6.33 Å². The second kappa shape index (κ2) is 12.3. The minimum Gasteiger partial charge on any atom is -0.512 e. The van der Waals surface area contributed by atoms with E-state index in [0.717, 1.165) is 27.0 Å². The van der Waals surface area contributed by atoms with Gasteiger partial charge in [-0.15, -0.1) is 46.7 Å². The summed E-state index contributed by atoms with van der Waals surface area (Å²) in [5.41, 5.74) is 6.45. The number of thiophene rings is 1. The number of carbonyl (C=O) groups excluding carboxylic acids is 1. The van der Waals surface area contributed by atoms with Crippen molar-refractivity contribution >= 4 is 27.3 Å². The fraction of sp³-hybridized carbons (Fsp3) is 0.0690. The molecular weight excluding hydrogens is 633 g/mol. The first-order valence-corrected chi connectivity index (χ1v) is 11.6. The SMILES string of the molecule is CC(=O)/C=C(/C)O.[Ir].[c-]1ccc(-c2ccccc2)cc1-c1ncnc2cc(-c3ccccc3)sc12. The molecule has 4 nitrogen and oxygen atoms in total.